The van der Waals surface area contributed by atoms with Crippen LogP contribution in [0, 0.1) is 0 Å². The summed E-state index contributed by atoms with van der Waals surface area (Å²) in [4.78, 5) is 14.8. The van der Waals surface area contributed by atoms with Crippen molar-refractivity contribution in [3.63, 3.8) is 0 Å². The van der Waals surface area contributed by atoms with Crippen molar-refractivity contribution < 1.29 is 9.90 Å². The summed E-state index contributed by atoms with van der Waals surface area (Å²) in [5, 5.41) is 9.59. The van der Waals surface area contributed by atoms with Crippen LogP contribution in [0.3, 0.4) is 0 Å². The molecule has 0 unspecified atom stereocenters. The monoisotopic (exact) mass is 215 g/mol. The molecule has 14 heavy (non-hydrogen) atoms. The largest absolute Gasteiger partial charge is 0.509 e. The third kappa shape index (κ3) is 2.01. The van der Waals surface area contributed by atoms with E-state index in [1.54, 1.807) is 11.8 Å². The highest BCUT2D eigenvalue weighted by Crippen LogP contribution is 2.21. The zero-order valence-electron chi connectivity index (χ0n) is 7.86. The lowest BCUT2D eigenvalue weighted by molar-refractivity contribution is -0.114. The number of aliphatic hydroxyl groups excluding tert-OH is 1. The van der Waals surface area contributed by atoms with Gasteiger partial charge in [-0.3, -0.25) is 9.79 Å². The molecule has 78 valence electrons. The lowest BCUT2D eigenvalue weighted by atomic mass is 10.1. The first kappa shape index (κ1) is 10.9. The number of thioether (sulfide) groups is 1. The molecule has 0 fully saturated rings. The number of nitrogens with two attached hydrogens (primary N) is 2. The number of carbonyl (C=O) groups excluding carboxylic acids is 1. The summed E-state index contributed by atoms with van der Waals surface area (Å²) in [5.74, 6) is 0.0675. The quantitative estimate of drug-likeness (QED) is 0.603. The first-order chi connectivity index (χ1) is 6.57. The molecule has 0 aromatic heterocycles. The molecule has 1 aliphatic heterocycles. The summed E-state index contributed by atoms with van der Waals surface area (Å²) in [5.41, 5.74) is 10.5. The fourth-order valence-corrected chi connectivity index (χ4v) is 1.73. The molecule has 1 atom stereocenters. The second kappa shape index (κ2) is 4.36. The SMILES string of the molecule is CSCC[C@@H]1N=C(N)C(C(N)=O)=C1O. The number of aliphatic imine (C=N–C) groups is 1. The van der Waals surface area contributed by atoms with Crippen molar-refractivity contribution in [1.82, 2.24) is 0 Å². The first-order valence-electron chi connectivity index (χ1n) is 4.13. The van der Waals surface area contributed by atoms with Crippen molar-refractivity contribution in [3.05, 3.63) is 11.3 Å². The van der Waals surface area contributed by atoms with Crippen molar-refractivity contribution in [2.24, 2.45) is 16.5 Å². The lowest BCUT2D eigenvalue weighted by Gasteiger charge is -2.05. The Morgan fingerprint density at radius 1 is 1.71 bits per heavy atom. The molecule has 5 N–H and O–H groups in total. The van der Waals surface area contributed by atoms with Gasteiger partial charge in [0, 0.05) is 0 Å². The maximum Gasteiger partial charge on any atom is 0.255 e. The topological polar surface area (TPSA) is 102 Å². The van der Waals surface area contributed by atoms with Gasteiger partial charge in [0.05, 0.1) is 0 Å². The molecule has 0 saturated heterocycles. The van der Waals surface area contributed by atoms with Crippen molar-refractivity contribution in [2.45, 2.75) is 12.5 Å². The summed E-state index contributed by atoms with van der Waals surface area (Å²) >= 11 is 1.64. The predicted molar refractivity (Wildman–Crippen MR) is 57.3 cm³/mol. The maximum atomic E-state index is 10.9. The number of nitrogens with zero attached hydrogens (tertiary/aromatic N) is 1. The molecule has 0 saturated carbocycles. The molecule has 0 aliphatic carbocycles. The molecule has 0 spiro atoms. The van der Waals surface area contributed by atoms with E-state index in [0.717, 1.165) is 5.75 Å². The van der Waals surface area contributed by atoms with Crippen LogP contribution in [0.25, 0.3) is 0 Å². The van der Waals surface area contributed by atoms with E-state index in [1.807, 2.05) is 6.26 Å². The van der Waals surface area contributed by atoms with Gasteiger partial charge in [-0.1, -0.05) is 0 Å². The third-order valence-electron chi connectivity index (χ3n) is 1.96. The molecule has 1 amide bonds. The highest BCUT2D eigenvalue weighted by atomic mass is 32.2. The summed E-state index contributed by atoms with van der Waals surface area (Å²) in [6.07, 6.45) is 2.61. The number of primary amides is 1. The number of rotatable bonds is 4. The Morgan fingerprint density at radius 2 is 2.36 bits per heavy atom. The molecule has 0 radical (unpaired) electrons. The summed E-state index contributed by atoms with van der Waals surface area (Å²) in [7, 11) is 0. The molecule has 0 bridgehead atoms. The second-order valence-corrected chi connectivity index (χ2v) is 3.92. The smallest absolute Gasteiger partial charge is 0.255 e. The van der Waals surface area contributed by atoms with Crippen LogP contribution in [0.1, 0.15) is 6.42 Å². The van der Waals surface area contributed by atoms with Crippen LogP contribution >= 0.6 is 11.8 Å². The van der Waals surface area contributed by atoms with Gasteiger partial charge in [-0.15, -0.1) is 0 Å². The zero-order chi connectivity index (χ0) is 10.7. The Bertz CT molecular complexity index is 312. The van der Waals surface area contributed by atoms with Gasteiger partial charge in [0.1, 0.15) is 23.2 Å². The van der Waals surface area contributed by atoms with Gasteiger partial charge in [-0.25, -0.2) is 0 Å². The third-order valence-corrected chi connectivity index (χ3v) is 2.61. The Balaban J connectivity index is 2.80. The highest BCUT2D eigenvalue weighted by Gasteiger charge is 2.29. The normalized spacial score (nSPS) is 21.2. The van der Waals surface area contributed by atoms with Crippen molar-refractivity contribution in [3.8, 4) is 0 Å². The van der Waals surface area contributed by atoms with E-state index in [-0.39, 0.29) is 17.2 Å². The number of carbonyl (C=O) groups is 1. The second-order valence-electron chi connectivity index (χ2n) is 2.94. The van der Waals surface area contributed by atoms with Gasteiger partial charge in [0.15, 0.2) is 0 Å². The van der Waals surface area contributed by atoms with Crippen LogP contribution < -0.4 is 11.5 Å². The molecule has 1 rings (SSSR count). The molecule has 1 aliphatic rings. The van der Waals surface area contributed by atoms with E-state index in [0.29, 0.717) is 6.42 Å². The van der Waals surface area contributed by atoms with Gasteiger partial charge in [0.2, 0.25) is 0 Å². The summed E-state index contributed by atoms with van der Waals surface area (Å²) < 4.78 is 0. The first-order valence-corrected chi connectivity index (χ1v) is 5.52. The summed E-state index contributed by atoms with van der Waals surface area (Å²) in [6.45, 7) is 0. The average molecular weight is 215 g/mol. The molecule has 6 heteroatoms. The number of aliphatic hydroxyl groups is 1. The lowest BCUT2D eigenvalue weighted by Crippen LogP contribution is -2.25. The minimum absolute atomic E-state index is 0.0314. The van der Waals surface area contributed by atoms with Gasteiger partial charge < -0.3 is 16.6 Å². The maximum absolute atomic E-state index is 10.9. The Hall–Kier alpha value is -1.17. The Labute approximate surface area is 86.3 Å². The molecule has 1 heterocycles. The van der Waals surface area contributed by atoms with Gasteiger partial charge in [-0.2, -0.15) is 11.8 Å². The fourth-order valence-electron chi connectivity index (χ4n) is 1.27. The average Bonchev–Trinajstić information content (AvgIpc) is 2.38. The Morgan fingerprint density at radius 3 is 2.79 bits per heavy atom. The van der Waals surface area contributed by atoms with Crippen molar-refractivity contribution in [2.75, 3.05) is 12.0 Å². The zero-order valence-corrected chi connectivity index (χ0v) is 8.67. The van der Waals surface area contributed by atoms with Crippen LogP contribution in [-0.2, 0) is 4.79 Å². The minimum Gasteiger partial charge on any atom is -0.509 e. The van der Waals surface area contributed by atoms with E-state index in [2.05, 4.69) is 4.99 Å². The molecular weight excluding hydrogens is 202 g/mol. The van der Waals surface area contributed by atoms with Crippen LogP contribution in [0.5, 0.6) is 0 Å². The van der Waals surface area contributed by atoms with Crippen LogP contribution in [0.4, 0.5) is 0 Å². The van der Waals surface area contributed by atoms with Crippen LogP contribution in [-0.4, -0.2) is 34.9 Å². The predicted octanol–water partition coefficient (Wildman–Crippen LogP) is -0.224. The van der Waals surface area contributed by atoms with E-state index in [9.17, 15) is 9.90 Å². The standard InChI is InChI=1S/C8H13N3O2S/c1-14-3-2-4-6(12)5(8(10)13)7(9)11-4/h4,12H,2-3H2,1H3,(H2,9,11)(H2,10,13)/t4-/m0/s1. The molecular formula is C8H13N3O2S. The van der Waals surface area contributed by atoms with E-state index in [1.165, 1.54) is 0 Å². The van der Waals surface area contributed by atoms with Crippen LogP contribution in [0.2, 0.25) is 0 Å². The van der Waals surface area contributed by atoms with Gasteiger partial charge in [0.25, 0.3) is 5.91 Å². The molecule has 0 aromatic rings. The van der Waals surface area contributed by atoms with E-state index in [4.69, 9.17) is 11.5 Å². The number of amidine groups is 1. The number of amides is 1. The van der Waals surface area contributed by atoms with Crippen LogP contribution in [0.15, 0.2) is 16.3 Å². The fraction of sp³-hybridized carbons (Fsp3) is 0.500. The Kier molecular flexibility index (Phi) is 3.40. The van der Waals surface area contributed by atoms with Crippen molar-refractivity contribution >= 4 is 23.5 Å². The number of hydrogen-bond acceptors (Lipinski definition) is 5. The highest BCUT2D eigenvalue weighted by molar-refractivity contribution is 7.98. The van der Waals surface area contributed by atoms with Gasteiger partial charge in [-0.05, 0) is 18.4 Å². The minimum atomic E-state index is -0.726. The molecule has 5 nitrogen and oxygen atoms in total. The summed E-state index contributed by atoms with van der Waals surface area (Å²) in [6, 6.07) is -0.398. The van der Waals surface area contributed by atoms with E-state index < -0.39 is 11.9 Å². The number of hydrogen-bond donors (Lipinski definition) is 3. The molecule has 0 aromatic carbocycles. The van der Waals surface area contributed by atoms with Crippen molar-refractivity contribution in [1.29, 1.82) is 0 Å². The van der Waals surface area contributed by atoms with Gasteiger partial charge >= 0.3 is 0 Å². The van der Waals surface area contributed by atoms with E-state index >= 15 is 0 Å².